The first-order valence-electron chi connectivity index (χ1n) is 8.64. The lowest BCUT2D eigenvalue weighted by atomic mass is 9.95. The van der Waals surface area contributed by atoms with Gasteiger partial charge in [-0.3, -0.25) is 14.4 Å². The second-order valence-electron chi connectivity index (χ2n) is 7.50. The normalized spacial score (nSPS) is 28.9. The monoisotopic (exact) mass is 302 g/mol. The Labute approximate surface area is 132 Å². The average molecular weight is 302 g/mol. The van der Waals surface area contributed by atoms with E-state index in [0.29, 0.717) is 12.0 Å². The Morgan fingerprint density at radius 3 is 2.73 bits per heavy atom. The van der Waals surface area contributed by atoms with E-state index >= 15 is 0 Å². The predicted molar refractivity (Wildman–Crippen MR) is 84.7 cm³/mol. The van der Waals surface area contributed by atoms with Gasteiger partial charge < -0.3 is 4.90 Å². The zero-order valence-corrected chi connectivity index (χ0v) is 13.7. The Morgan fingerprint density at radius 2 is 2.05 bits per heavy atom. The predicted octanol–water partition coefficient (Wildman–Crippen LogP) is 1.67. The van der Waals surface area contributed by atoms with Gasteiger partial charge in [-0.25, -0.2) is 0 Å². The van der Waals surface area contributed by atoms with Crippen molar-refractivity contribution < 1.29 is 4.79 Å². The summed E-state index contributed by atoms with van der Waals surface area (Å²) in [5.74, 6) is 1.74. The van der Waals surface area contributed by atoms with Crippen LogP contribution in [-0.4, -0.2) is 57.7 Å². The number of hydrogen-bond acceptors (Lipinski definition) is 3. The van der Waals surface area contributed by atoms with Crippen LogP contribution in [-0.2, 0) is 7.05 Å². The summed E-state index contributed by atoms with van der Waals surface area (Å²) in [4.78, 5) is 17.7. The first-order chi connectivity index (χ1) is 10.6. The summed E-state index contributed by atoms with van der Waals surface area (Å²) in [5, 5.41) is 4.33. The van der Waals surface area contributed by atoms with E-state index in [-0.39, 0.29) is 5.91 Å². The summed E-state index contributed by atoms with van der Waals surface area (Å²) in [5.41, 5.74) is 1.64. The lowest BCUT2D eigenvalue weighted by Gasteiger charge is -2.36. The lowest BCUT2D eigenvalue weighted by molar-refractivity contribution is 0.0726. The first-order valence-corrected chi connectivity index (χ1v) is 8.64. The third-order valence-electron chi connectivity index (χ3n) is 5.52. The van der Waals surface area contributed by atoms with Crippen molar-refractivity contribution in [2.75, 3.05) is 26.2 Å². The van der Waals surface area contributed by atoms with Crippen LogP contribution in [0.15, 0.2) is 6.07 Å². The number of piperidine rings is 1. The van der Waals surface area contributed by atoms with Gasteiger partial charge in [0.05, 0.1) is 5.69 Å². The van der Waals surface area contributed by atoms with E-state index in [4.69, 9.17) is 0 Å². The van der Waals surface area contributed by atoms with Gasteiger partial charge in [-0.1, -0.05) is 0 Å². The van der Waals surface area contributed by atoms with Gasteiger partial charge in [0.2, 0.25) is 0 Å². The van der Waals surface area contributed by atoms with Crippen molar-refractivity contribution in [1.29, 1.82) is 0 Å². The van der Waals surface area contributed by atoms with Crippen molar-refractivity contribution in [2.45, 2.75) is 38.6 Å². The van der Waals surface area contributed by atoms with E-state index in [1.807, 2.05) is 20.0 Å². The molecular formula is C17H26N4O. The van der Waals surface area contributed by atoms with E-state index in [1.165, 1.54) is 38.8 Å². The van der Waals surface area contributed by atoms with Gasteiger partial charge in [-0.05, 0) is 50.5 Å². The second kappa shape index (κ2) is 5.37. The highest BCUT2D eigenvalue weighted by Crippen LogP contribution is 2.35. The van der Waals surface area contributed by atoms with E-state index in [2.05, 4.69) is 14.9 Å². The molecule has 1 saturated carbocycles. The summed E-state index contributed by atoms with van der Waals surface area (Å²) >= 11 is 0. The minimum Gasteiger partial charge on any atom is -0.335 e. The van der Waals surface area contributed by atoms with Crippen LogP contribution in [0.25, 0.3) is 0 Å². The molecule has 2 atom stereocenters. The topological polar surface area (TPSA) is 41.4 Å². The van der Waals surface area contributed by atoms with Crippen molar-refractivity contribution in [1.82, 2.24) is 19.6 Å². The maximum Gasteiger partial charge on any atom is 0.272 e. The molecule has 3 saturated heterocycles. The maximum atomic E-state index is 12.9. The summed E-state index contributed by atoms with van der Waals surface area (Å²) in [7, 11) is 1.87. The molecule has 0 unspecified atom stereocenters. The van der Waals surface area contributed by atoms with Crippen molar-refractivity contribution in [3.63, 3.8) is 0 Å². The molecule has 4 heterocycles. The van der Waals surface area contributed by atoms with Gasteiger partial charge in [-0.2, -0.15) is 5.10 Å². The molecule has 3 aliphatic heterocycles. The summed E-state index contributed by atoms with van der Waals surface area (Å²) in [6.07, 6.45) is 5.35. The number of nitrogens with zero attached hydrogens (tertiary/aromatic N) is 4. The van der Waals surface area contributed by atoms with Gasteiger partial charge in [0.1, 0.15) is 5.69 Å². The smallest absolute Gasteiger partial charge is 0.272 e. The highest BCUT2D eigenvalue weighted by atomic mass is 16.2. The van der Waals surface area contributed by atoms with Crippen LogP contribution in [0.3, 0.4) is 0 Å². The minimum absolute atomic E-state index is 0.160. The molecule has 2 bridgehead atoms. The van der Waals surface area contributed by atoms with Crippen LogP contribution in [0.2, 0.25) is 0 Å². The number of aryl methyl sites for hydroxylation is 2. The highest BCUT2D eigenvalue weighted by Gasteiger charge is 2.39. The SMILES string of the molecule is Cc1cc(C(=O)N2C[C@H]3CC[C@@H](C2)N(CC2CC2)C3)n(C)n1. The molecule has 4 fully saturated rings. The van der Waals surface area contributed by atoms with Crippen molar-refractivity contribution in [3.8, 4) is 0 Å². The first kappa shape index (κ1) is 14.2. The quantitative estimate of drug-likeness (QED) is 0.853. The van der Waals surface area contributed by atoms with E-state index in [9.17, 15) is 4.79 Å². The second-order valence-corrected chi connectivity index (χ2v) is 7.50. The molecule has 1 aromatic rings. The van der Waals surface area contributed by atoms with Crippen molar-refractivity contribution in [3.05, 3.63) is 17.5 Å². The fourth-order valence-corrected chi connectivity index (χ4v) is 4.17. The zero-order valence-electron chi connectivity index (χ0n) is 13.7. The Kier molecular flexibility index (Phi) is 3.48. The molecule has 0 aromatic carbocycles. The van der Waals surface area contributed by atoms with Crippen LogP contribution in [0.4, 0.5) is 0 Å². The molecule has 5 heteroatoms. The largest absolute Gasteiger partial charge is 0.335 e. The number of hydrogen-bond donors (Lipinski definition) is 0. The third-order valence-corrected chi connectivity index (χ3v) is 5.52. The van der Waals surface area contributed by atoms with E-state index < -0.39 is 0 Å². The molecule has 5 nitrogen and oxygen atoms in total. The van der Waals surface area contributed by atoms with Gasteiger partial charge in [0.15, 0.2) is 0 Å². The number of fused-ring (bicyclic) bond motifs is 4. The molecule has 0 spiro atoms. The van der Waals surface area contributed by atoms with Crippen LogP contribution in [0, 0.1) is 18.8 Å². The number of rotatable bonds is 3. The lowest BCUT2D eigenvalue weighted by Crippen LogP contribution is -2.45. The molecule has 4 aliphatic rings. The number of amides is 1. The number of aromatic nitrogens is 2. The van der Waals surface area contributed by atoms with E-state index in [0.717, 1.165) is 30.4 Å². The zero-order chi connectivity index (χ0) is 15.3. The fraction of sp³-hybridized carbons (Fsp3) is 0.765. The van der Waals surface area contributed by atoms with Crippen LogP contribution in [0.5, 0.6) is 0 Å². The van der Waals surface area contributed by atoms with Gasteiger partial charge in [0, 0.05) is 39.3 Å². The van der Waals surface area contributed by atoms with Crippen LogP contribution < -0.4 is 0 Å². The Morgan fingerprint density at radius 1 is 1.23 bits per heavy atom. The molecule has 5 rings (SSSR count). The van der Waals surface area contributed by atoms with Gasteiger partial charge >= 0.3 is 0 Å². The standard InChI is InChI=1S/C17H26N4O/c1-12-7-16(19(2)18-12)17(22)21-10-14-5-6-15(11-21)20(9-14)8-13-3-4-13/h7,13-15H,3-6,8-11H2,1-2H3/t14-,15-/m0/s1. The Bertz CT molecular complexity index is 577. The molecule has 1 aliphatic carbocycles. The van der Waals surface area contributed by atoms with Crippen LogP contribution >= 0.6 is 0 Å². The van der Waals surface area contributed by atoms with Crippen molar-refractivity contribution >= 4 is 5.91 Å². The molecule has 0 radical (unpaired) electrons. The number of carbonyl (C=O) groups excluding carboxylic acids is 1. The number of carbonyl (C=O) groups is 1. The summed E-state index contributed by atoms with van der Waals surface area (Å²) in [6.45, 7) is 6.21. The Hall–Kier alpha value is -1.36. The molecule has 1 aromatic heterocycles. The molecule has 120 valence electrons. The van der Waals surface area contributed by atoms with Gasteiger partial charge in [-0.15, -0.1) is 0 Å². The highest BCUT2D eigenvalue weighted by molar-refractivity contribution is 5.92. The summed E-state index contributed by atoms with van der Waals surface area (Å²) < 4.78 is 1.73. The summed E-state index contributed by atoms with van der Waals surface area (Å²) in [6, 6.07) is 2.48. The Balaban J connectivity index is 1.51. The van der Waals surface area contributed by atoms with E-state index in [1.54, 1.807) is 4.68 Å². The minimum atomic E-state index is 0.160. The van der Waals surface area contributed by atoms with Gasteiger partial charge in [0.25, 0.3) is 5.91 Å². The van der Waals surface area contributed by atoms with Crippen molar-refractivity contribution in [2.24, 2.45) is 18.9 Å². The molecule has 1 amide bonds. The third kappa shape index (κ3) is 2.67. The average Bonchev–Trinajstić information content (AvgIpc) is 3.27. The van der Waals surface area contributed by atoms with Crippen LogP contribution in [0.1, 0.15) is 41.9 Å². The maximum absolute atomic E-state index is 12.9. The molecule has 22 heavy (non-hydrogen) atoms. The molecular weight excluding hydrogens is 276 g/mol. The molecule has 0 N–H and O–H groups in total. The fourth-order valence-electron chi connectivity index (χ4n) is 4.17.